The van der Waals surface area contributed by atoms with Crippen molar-refractivity contribution in [1.82, 2.24) is 24.4 Å². The number of piperidine rings is 1. The molecule has 1 amide bonds. The summed E-state index contributed by atoms with van der Waals surface area (Å²) in [5.74, 6) is -1.63. The first-order valence-electron chi connectivity index (χ1n) is 8.31. The minimum absolute atomic E-state index is 0.0131. The van der Waals surface area contributed by atoms with Gasteiger partial charge in [0.05, 0.1) is 17.4 Å². The number of hydrogen-bond acceptors (Lipinski definition) is 4. The van der Waals surface area contributed by atoms with Gasteiger partial charge in [0.25, 0.3) is 5.91 Å². The summed E-state index contributed by atoms with van der Waals surface area (Å²) in [6.07, 6.45) is 2.43. The zero-order chi connectivity index (χ0) is 18.3. The minimum atomic E-state index is -1.22. The fourth-order valence-electron chi connectivity index (χ4n) is 3.53. The van der Waals surface area contributed by atoms with Gasteiger partial charge < -0.3 is 20.0 Å². The largest absolute Gasteiger partial charge is 0.477 e. The Kier molecular flexibility index (Phi) is 3.83. The molecule has 134 valence electrons. The molecule has 0 aliphatic carbocycles. The maximum atomic E-state index is 12.6. The lowest BCUT2D eigenvalue weighted by Crippen LogP contribution is -2.41. The van der Waals surface area contributed by atoms with Crippen molar-refractivity contribution in [1.29, 1.82) is 0 Å². The summed E-state index contributed by atoms with van der Waals surface area (Å²) in [6.45, 7) is 0.864. The summed E-state index contributed by atoms with van der Waals surface area (Å²) < 4.78 is 1.74. The van der Waals surface area contributed by atoms with E-state index in [1.807, 2.05) is 24.3 Å². The van der Waals surface area contributed by atoms with Crippen molar-refractivity contribution < 1.29 is 14.7 Å². The van der Waals surface area contributed by atoms with Crippen molar-refractivity contribution in [2.75, 3.05) is 13.1 Å². The fourth-order valence-corrected chi connectivity index (χ4v) is 3.53. The van der Waals surface area contributed by atoms with Crippen LogP contribution >= 0.6 is 0 Å². The van der Waals surface area contributed by atoms with E-state index in [1.165, 1.54) is 6.33 Å². The molecule has 1 fully saturated rings. The highest BCUT2D eigenvalue weighted by atomic mass is 16.4. The average molecular weight is 355 g/mol. The summed E-state index contributed by atoms with van der Waals surface area (Å²) in [6, 6.07) is 7.49. The topological polar surface area (TPSA) is 124 Å². The lowest BCUT2D eigenvalue weighted by molar-refractivity contribution is 0.0647. The van der Waals surface area contributed by atoms with Crippen molar-refractivity contribution in [3.63, 3.8) is 0 Å². The zero-order valence-corrected chi connectivity index (χ0v) is 13.8. The number of imidazole rings is 2. The van der Waals surface area contributed by atoms with Crippen LogP contribution in [0.15, 0.2) is 35.4 Å². The highest BCUT2D eigenvalue weighted by Crippen LogP contribution is 2.25. The molecule has 0 atom stereocenters. The van der Waals surface area contributed by atoms with Gasteiger partial charge in [-0.1, -0.05) is 12.1 Å². The minimum Gasteiger partial charge on any atom is -0.477 e. The Labute approximate surface area is 147 Å². The third kappa shape index (κ3) is 2.57. The predicted octanol–water partition coefficient (Wildman–Crippen LogP) is 1.23. The molecule has 9 nitrogen and oxygen atoms in total. The molecule has 1 aromatic carbocycles. The Morgan fingerprint density at radius 1 is 1.19 bits per heavy atom. The van der Waals surface area contributed by atoms with Crippen LogP contribution in [0.4, 0.5) is 0 Å². The molecule has 0 bridgehead atoms. The molecular weight excluding hydrogens is 338 g/mol. The molecule has 0 spiro atoms. The van der Waals surface area contributed by atoms with Gasteiger partial charge in [0, 0.05) is 19.1 Å². The first kappa shape index (κ1) is 16.1. The lowest BCUT2D eigenvalue weighted by atomic mass is 10.0. The number of H-pyrrole nitrogens is 2. The number of likely N-dealkylation sites (tertiary alicyclic amines) is 1. The van der Waals surface area contributed by atoms with Crippen molar-refractivity contribution >= 4 is 22.9 Å². The van der Waals surface area contributed by atoms with Crippen LogP contribution in [-0.4, -0.2) is 54.5 Å². The number of nitrogens with zero attached hydrogens (tertiary/aromatic N) is 3. The van der Waals surface area contributed by atoms with Crippen LogP contribution in [0.25, 0.3) is 11.0 Å². The molecule has 0 unspecified atom stereocenters. The predicted molar refractivity (Wildman–Crippen MR) is 92.3 cm³/mol. The number of nitrogens with one attached hydrogen (secondary N) is 2. The molecule has 3 heterocycles. The van der Waals surface area contributed by atoms with E-state index in [4.69, 9.17) is 5.11 Å². The molecule has 1 saturated heterocycles. The van der Waals surface area contributed by atoms with E-state index in [1.54, 1.807) is 9.47 Å². The second-order valence-corrected chi connectivity index (χ2v) is 6.27. The third-order valence-corrected chi connectivity index (χ3v) is 4.80. The summed E-state index contributed by atoms with van der Waals surface area (Å²) in [7, 11) is 0. The highest BCUT2D eigenvalue weighted by molar-refractivity contribution is 6.02. The first-order chi connectivity index (χ1) is 12.6. The van der Waals surface area contributed by atoms with Gasteiger partial charge in [-0.2, -0.15) is 0 Å². The number of carboxylic acids is 1. The number of rotatable bonds is 3. The van der Waals surface area contributed by atoms with Crippen molar-refractivity contribution in [3.8, 4) is 0 Å². The Hall–Kier alpha value is -3.36. The Morgan fingerprint density at radius 3 is 2.65 bits per heavy atom. The Balaban J connectivity index is 1.53. The number of para-hydroxylation sites is 2. The highest BCUT2D eigenvalue weighted by Gasteiger charge is 2.29. The van der Waals surface area contributed by atoms with Gasteiger partial charge in [-0.05, 0) is 25.0 Å². The Morgan fingerprint density at radius 2 is 1.92 bits per heavy atom. The quantitative estimate of drug-likeness (QED) is 0.652. The maximum absolute atomic E-state index is 12.6. The molecule has 1 aliphatic heterocycles. The maximum Gasteiger partial charge on any atom is 0.354 e. The molecule has 26 heavy (non-hydrogen) atoms. The molecule has 3 aromatic rings. The van der Waals surface area contributed by atoms with E-state index in [0.717, 1.165) is 11.0 Å². The zero-order valence-electron chi connectivity index (χ0n) is 13.8. The number of hydrogen-bond donors (Lipinski definition) is 3. The number of fused-ring (bicyclic) bond motifs is 1. The number of carbonyl (C=O) groups is 2. The number of aromatic nitrogens is 4. The van der Waals surface area contributed by atoms with Crippen molar-refractivity contribution in [3.05, 3.63) is 52.5 Å². The second-order valence-electron chi connectivity index (χ2n) is 6.27. The monoisotopic (exact) mass is 355 g/mol. The number of aromatic carboxylic acids is 1. The molecule has 1 aliphatic rings. The molecule has 4 rings (SSSR count). The van der Waals surface area contributed by atoms with Crippen LogP contribution in [-0.2, 0) is 0 Å². The molecule has 3 N–H and O–H groups in total. The van der Waals surface area contributed by atoms with Crippen LogP contribution in [0.3, 0.4) is 0 Å². The number of aromatic amines is 2. The smallest absolute Gasteiger partial charge is 0.354 e. The van der Waals surface area contributed by atoms with E-state index < -0.39 is 11.9 Å². The van der Waals surface area contributed by atoms with Gasteiger partial charge in [0.15, 0.2) is 11.4 Å². The van der Waals surface area contributed by atoms with Gasteiger partial charge in [0.1, 0.15) is 0 Å². The van der Waals surface area contributed by atoms with E-state index in [0.29, 0.717) is 25.9 Å². The van der Waals surface area contributed by atoms with Gasteiger partial charge in [-0.15, -0.1) is 0 Å². The van der Waals surface area contributed by atoms with Gasteiger partial charge >= 0.3 is 11.7 Å². The molecular formula is C17H17N5O4. The lowest BCUT2D eigenvalue weighted by Gasteiger charge is -2.32. The molecule has 0 saturated carbocycles. The van der Waals surface area contributed by atoms with E-state index in [-0.39, 0.29) is 23.1 Å². The summed E-state index contributed by atoms with van der Waals surface area (Å²) in [4.78, 5) is 46.8. The van der Waals surface area contributed by atoms with Gasteiger partial charge in [-0.25, -0.2) is 14.6 Å². The average Bonchev–Trinajstić information content (AvgIpc) is 3.25. The normalized spacial score (nSPS) is 15.5. The SMILES string of the molecule is O=C(O)c1[nH]cnc1C(=O)N1CCC(n2c(=O)[nH]c3ccccc32)CC1. The third-order valence-electron chi connectivity index (χ3n) is 4.80. The summed E-state index contributed by atoms with van der Waals surface area (Å²) in [5, 5.41) is 9.12. The van der Waals surface area contributed by atoms with Gasteiger partial charge in [0.2, 0.25) is 0 Å². The number of carbonyl (C=O) groups excluding carboxylic acids is 1. The summed E-state index contributed by atoms with van der Waals surface area (Å²) in [5.41, 5.74) is 1.20. The van der Waals surface area contributed by atoms with Crippen LogP contribution in [0, 0.1) is 0 Å². The van der Waals surface area contributed by atoms with E-state index in [2.05, 4.69) is 15.0 Å². The first-order valence-corrected chi connectivity index (χ1v) is 8.31. The van der Waals surface area contributed by atoms with Crippen molar-refractivity contribution in [2.45, 2.75) is 18.9 Å². The number of benzene rings is 1. The second kappa shape index (κ2) is 6.17. The molecule has 2 aromatic heterocycles. The van der Waals surface area contributed by atoms with Crippen molar-refractivity contribution in [2.24, 2.45) is 0 Å². The van der Waals surface area contributed by atoms with E-state index in [9.17, 15) is 14.4 Å². The summed E-state index contributed by atoms with van der Waals surface area (Å²) >= 11 is 0. The van der Waals surface area contributed by atoms with Gasteiger partial charge in [-0.3, -0.25) is 9.36 Å². The van der Waals surface area contributed by atoms with Crippen LogP contribution < -0.4 is 5.69 Å². The fraction of sp³-hybridized carbons (Fsp3) is 0.294. The molecule has 9 heteroatoms. The van der Waals surface area contributed by atoms with Crippen LogP contribution in [0.1, 0.15) is 39.9 Å². The standard InChI is InChI=1S/C17H17N5O4/c23-15(13-14(16(24)25)19-9-18-13)21-7-5-10(6-8-21)22-12-4-2-1-3-11(12)20-17(22)26/h1-4,9-10H,5-8H2,(H,18,19)(H,20,26)(H,24,25). The molecule has 0 radical (unpaired) electrons. The Bertz CT molecular complexity index is 1040. The number of carboxylic acid groups (broad SMARTS) is 1. The van der Waals surface area contributed by atoms with Crippen LogP contribution in [0.2, 0.25) is 0 Å². The van der Waals surface area contributed by atoms with Crippen LogP contribution in [0.5, 0.6) is 0 Å². The number of amides is 1. The van der Waals surface area contributed by atoms with E-state index >= 15 is 0 Å².